The van der Waals surface area contributed by atoms with E-state index in [2.05, 4.69) is 15.3 Å². The molecule has 0 aliphatic rings. The lowest BCUT2D eigenvalue weighted by Gasteiger charge is -2.22. The molecule has 1 unspecified atom stereocenters. The average molecular weight is 279 g/mol. The molecule has 0 aliphatic carbocycles. The van der Waals surface area contributed by atoms with Crippen LogP contribution in [0.15, 0.2) is 6.20 Å². The molecular weight excluding hydrogens is 263 g/mol. The Morgan fingerprint density at radius 2 is 2.00 bits per heavy atom. The second kappa shape index (κ2) is 6.55. The second-order valence-electron chi connectivity index (χ2n) is 3.74. The maximum Gasteiger partial charge on any atom is 0.409 e. The Morgan fingerprint density at radius 3 is 2.47 bits per heavy atom. The monoisotopic (exact) mass is 279 g/mol. The van der Waals surface area contributed by atoms with Crippen LogP contribution >= 0.6 is 0 Å². The Bertz CT molecular complexity index is 413. The molecule has 1 N–H and O–H groups in total. The number of methoxy groups -OCH3 is 2. The average Bonchev–Trinajstić information content (AvgIpc) is 2.37. The number of nitrogens with one attached hydrogen (secondary N) is 1. The van der Waals surface area contributed by atoms with E-state index in [0.717, 1.165) is 6.20 Å². The van der Waals surface area contributed by atoms with Gasteiger partial charge in [-0.25, -0.2) is 4.98 Å². The fourth-order valence-corrected chi connectivity index (χ4v) is 1.47. The number of rotatable bonds is 6. The summed E-state index contributed by atoms with van der Waals surface area (Å²) in [5.74, 6) is -0.109. The number of ether oxygens (including phenoxy) is 2. The highest BCUT2D eigenvalue weighted by Gasteiger charge is 2.43. The Kier molecular flexibility index (Phi) is 5.34. The molecule has 0 fully saturated rings. The first kappa shape index (κ1) is 15.5. The predicted molar refractivity (Wildman–Crippen MR) is 62.2 cm³/mol. The highest BCUT2D eigenvalue weighted by molar-refractivity contribution is 5.26. The van der Waals surface area contributed by atoms with Crippen LogP contribution in [-0.4, -0.2) is 36.9 Å². The van der Waals surface area contributed by atoms with Gasteiger partial charge in [0.15, 0.2) is 6.04 Å². The maximum absolute atomic E-state index is 13.0. The van der Waals surface area contributed by atoms with Crippen molar-refractivity contribution in [1.82, 2.24) is 15.3 Å². The smallest absolute Gasteiger partial charge is 0.409 e. The van der Waals surface area contributed by atoms with Gasteiger partial charge in [0.25, 0.3) is 0 Å². The summed E-state index contributed by atoms with van der Waals surface area (Å²) in [4.78, 5) is 7.55. The van der Waals surface area contributed by atoms with Crippen molar-refractivity contribution >= 4 is 0 Å². The molecule has 108 valence electrons. The fourth-order valence-electron chi connectivity index (χ4n) is 1.47. The standard InChI is InChI=1S/C11H16F3N3O2/c1-4-5-15-9(11(12,13)14)8-10(19-3)17-7(18-2)6-16-8/h6,9,15H,4-5H2,1-3H3. The summed E-state index contributed by atoms with van der Waals surface area (Å²) in [5, 5.41) is 2.39. The molecular formula is C11H16F3N3O2. The van der Waals surface area contributed by atoms with E-state index in [9.17, 15) is 13.2 Å². The fraction of sp³-hybridized carbons (Fsp3) is 0.636. The van der Waals surface area contributed by atoms with Gasteiger partial charge >= 0.3 is 6.18 Å². The van der Waals surface area contributed by atoms with E-state index in [1.165, 1.54) is 14.2 Å². The van der Waals surface area contributed by atoms with E-state index < -0.39 is 12.2 Å². The lowest BCUT2D eigenvalue weighted by Crippen LogP contribution is -2.35. The van der Waals surface area contributed by atoms with Gasteiger partial charge in [-0.1, -0.05) is 6.92 Å². The highest BCUT2D eigenvalue weighted by atomic mass is 19.4. The van der Waals surface area contributed by atoms with Gasteiger partial charge in [0.05, 0.1) is 20.4 Å². The molecule has 0 amide bonds. The maximum atomic E-state index is 13.0. The van der Waals surface area contributed by atoms with E-state index in [1.807, 2.05) is 0 Å². The predicted octanol–water partition coefficient (Wildman–Crippen LogP) is 2.10. The number of aromatic nitrogens is 2. The zero-order chi connectivity index (χ0) is 14.5. The second-order valence-corrected chi connectivity index (χ2v) is 3.74. The molecule has 0 radical (unpaired) electrons. The molecule has 8 heteroatoms. The molecule has 0 aromatic carbocycles. The number of hydrogen-bond donors (Lipinski definition) is 1. The molecule has 1 heterocycles. The Labute approximate surface area is 109 Å². The first-order valence-corrected chi connectivity index (χ1v) is 5.69. The summed E-state index contributed by atoms with van der Waals surface area (Å²) in [6, 6.07) is -1.92. The van der Waals surface area contributed by atoms with Crippen LogP contribution in [0.25, 0.3) is 0 Å². The van der Waals surface area contributed by atoms with Gasteiger partial charge in [0.1, 0.15) is 5.69 Å². The molecule has 1 atom stereocenters. The highest BCUT2D eigenvalue weighted by Crippen LogP contribution is 2.35. The van der Waals surface area contributed by atoms with E-state index in [-0.39, 0.29) is 24.0 Å². The molecule has 1 aromatic rings. The molecule has 0 saturated heterocycles. The SMILES string of the molecule is CCCNC(c1ncc(OC)nc1OC)C(F)(F)F. The van der Waals surface area contributed by atoms with Crippen LogP contribution in [0.2, 0.25) is 0 Å². The van der Waals surface area contributed by atoms with Crippen LogP contribution in [0.3, 0.4) is 0 Å². The zero-order valence-electron chi connectivity index (χ0n) is 10.9. The van der Waals surface area contributed by atoms with E-state index in [1.54, 1.807) is 6.92 Å². The lowest BCUT2D eigenvalue weighted by atomic mass is 10.2. The normalized spacial score (nSPS) is 13.2. The van der Waals surface area contributed by atoms with Crippen LogP contribution in [-0.2, 0) is 0 Å². The van der Waals surface area contributed by atoms with Crippen LogP contribution in [0.4, 0.5) is 13.2 Å². The summed E-state index contributed by atoms with van der Waals surface area (Å²) in [6.07, 6.45) is -2.78. The summed E-state index contributed by atoms with van der Waals surface area (Å²) in [7, 11) is 2.58. The minimum absolute atomic E-state index is 0.0945. The first-order valence-electron chi connectivity index (χ1n) is 5.69. The van der Waals surface area contributed by atoms with Crippen molar-refractivity contribution in [2.24, 2.45) is 0 Å². The van der Waals surface area contributed by atoms with Crippen molar-refractivity contribution in [3.05, 3.63) is 11.9 Å². The largest absolute Gasteiger partial charge is 0.480 e. The summed E-state index contributed by atoms with van der Waals surface area (Å²) >= 11 is 0. The van der Waals surface area contributed by atoms with Crippen molar-refractivity contribution in [1.29, 1.82) is 0 Å². The lowest BCUT2D eigenvalue weighted by molar-refractivity contribution is -0.159. The molecule has 0 saturated carbocycles. The van der Waals surface area contributed by atoms with Crippen molar-refractivity contribution in [2.75, 3.05) is 20.8 Å². The molecule has 19 heavy (non-hydrogen) atoms. The van der Waals surface area contributed by atoms with Gasteiger partial charge in [-0.2, -0.15) is 18.2 Å². The quantitative estimate of drug-likeness (QED) is 0.864. The van der Waals surface area contributed by atoms with Crippen molar-refractivity contribution in [3.8, 4) is 11.8 Å². The number of hydrogen-bond acceptors (Lipinski definition) is 5. The third kappa shape index (κ3) is 3.95. The molecule has 5 nitrogen and oxygen atoms in total. The van der Waals surface area contributed by atoms with Crippen molar-refractivity contribution in [2.45, 2.75) is 25.6 Å². The van der Waals surface area contributed by atoms with E-state index in [0.29, 0.717) is 6.42 Å². The van der Waals surface area contributed by atoms with Gasteiger partial charge < -0.3 is 14.8 Å². The molecule has 1 rings (SSSR count). The summed E-state index contributed by atoms with van der Waals surface area (Å²) < 4.78 is 48.7. The van der Waals surface area contributed by atoms with Crippen LogP contribution < -0.4 is 14.8 Å². The Hall–Kier alpha value is -1.57. The van der Waals surface area contributed by atoms with E-state index >= 15 is 0 Å². The van der Waals surface area contributed by atoms with Gasteiger partial charge in [0.2, 0.25) is 11.8 Å². The van der Waals surface area contributed by atoms with Crippen LogP contribution in [0.1, 0.15) is 25.1 Å². The molecule has 0 bridgehead atoms. The third-order valence-electron chi connectivity index (χ3n) is 2.35. The molecule has 0 aliphatic heterocycles. The van der Waals surface area contributed by atoms with Gasteiger partial charge in [-0.15, -0.1) is 0 Å². The Balaban J connectivity index is 3.14. The van der Waals surface area contributed by atoms with Crippen LogP contribution in [0.5, 0.6) is 11.8 Å². The number of alkyl halides is 3. The zero-order valence-corrected chi connectivity index (χ0v) is 10.9. The summed E-state index contributed by atoms with van der Waals surface area (Å²) in [5.41, 5.74) is -0.302. The minimum Gasteiger partial charge on any atom is -0.480 e. The van der Waals surface area contributed by atoms with Gasteiger partial charge in [0, 0.05) is 0 Å². The van der Waals surface area contributed by atoms with Gasteiger partial charge in [-0.3, -0.25) is 0 Å². The van der Waals surface area contributed by atoms with Gasteiger partial charge in [-0.05, 0) is 13.0 Å². The minimum atomic E-state index is -4.48. The molecule has 0 spiro atoms. The van der Waals surface area contributed by atoms with Crippen molar-refractivity contribution in [3.63, 3.8) is 0 Å². The molecule has 1 aromatic heterocycles. The number of halogens is 3. The Morgan fingerprint density at radius 1 is 1.32 bits per heavy atom. The number of nitrogens with zero attached hydrogens (tertiary/aromatic N) is 2. The topological polar surface area (TPSA) is 56.3 Å². The van der Waals surface area contributed by atoms with Crippen molar-refractivity contribution < 1.29 is 22.6 Å². The van der Waals surface area contributed by atoms with Crippen LogP contribution in [0, 0.1) is 0 Å². The summed E-state index contributed by atoms with van der Waals surface area (Å²) in [6.45, 7) is 1.98. The third-order valence-corrected chi connectivity index (χ3v) is 2.35. The van der Waals surface area contributed by atoms with E-state index in [4.69, 9.17) is 9.47 Å². The first-order chi connectivity index (χ1) is 8.93.